The summed E-state index contributed by atoms with van der Waals surface area (Å²) < 4.78 is 0.992. The van der Waals surface area contributed by atoms with E-state index in [1.807, 2.05) is 31.2 Å². The molecule has 5 nitrogen and oxygen atoms in total. The van der Waals surface area contributed by atoms with Crippen molar-refractivity contribution in [2.24, 2.45) is 0 Å². The number of piperidine rings is 1. The molecule has 0 unspecified atom stereocenters. The molecule has 1 atom stereocenters. The van der Waals surface area contributed by atoms with Gasteiger partial charge in [-0.15, -0.1) is 10.2 Å². The molecule has 1 aliphatic rings. The highest BCUT2D eigenvalue weighted by Gasteiger charge is 2.20. The molecule has 2 N–H and O–H groups in total. The summed E-state index contributed by atoms with van der Waals surface area (Å²) in [4.78, 5) is 2.34. The fourth-order valence-corrected chi connectivity index (χ4v) is 4.11. The Labute approximate surface area is 167 Å². The van der Waals surface area contributed by atoms with Gasteiger partial charge in [0.05, 0.1) is 0 Å². The minimum Gasteiger partial charge on any atom is -0.507 e. The van der Waals surface area contributed by atoms with E-state index >= 15 is 0 Å². The van der Waals surface area contributed by atoms with Crippen molar-refractivity contribution < 1.29 is 5.11 Å². The number of phenols is 1. The Morgan fingerprint density at radius 1 is 1.15 bits per heavy atom. The molecule has 27 heavy (non-hydrogen) atoms. The first-order chi connectivity index (χ1) is 13.0. The molecule has 0 radical (unpaired) electrons. The Hall–Kier alpha value is -2.18. The number of hydrogen-bond acceptors (Lipinski definition) is 5. The fourth-order valence-electron chi connectivity index (χ4n) is 3.75. The molecule has 0 saturated carbocycles. The highest BCUT2D eigenvalue weighted by atomic mass is 79.9. The molecule has 2 heterocycles. The number of fused-ring (bicyclic) bond motifs is 1. The zero-order chi connectivity index (χ0) is 19.0. The van der Waals surface area contributed by atoms with Crippen molar-refractivity contribution in [2.75, 3.05) is 25.5 Å². The molecule has 140 valence electrons. The monoisotopic (exact) mass is 426 g/mol. The number of benzene rings is 2. The second kappa shape index (κ2) is 7.44. The number of aromatic hydroxyl groups is 1. The van der Waals surface area contributed by atoms with E-state index in [0.717, 1.165) is 46.1 Å². The predicted molar refractivity (Wildman–Crippen MR) is 113 cm³/mol. The third kappa shape index (κ3) is 3.77. The van der Waals surface area contributed by atoms with Gasteiger partial charge in [0.2, 0.25) is 0 Å². The second-order valence-electron chi connectivity index (χ2n) is 7.35. The van der Waals surface area contributed by atoms with Crippen LogP contribution in [0.2, 0.25) is 0 Å². The highest BCUT2D eigenvalue weighted by Crippen LogP contribution is 2.36. The van der Waals surface area contributed by atoms with Crippen LogP contribution in [-0.4, -0.2) is 46.4 Å². The lowest BCUT2D eigenvalue weighted by Gasteiger charge is -2.30. The van der Waals surface area contributed by atoms with Crippen molar-refractivity contribution in [1.29, 1.82) is 0 Å². The first kappa shape index (κ1) is 18.2. The van der Waals surface area contributed by atoms with Gasteiger partial charge in [0.1, 0.15) is 11.4 Å². The second-order valence-corrected chi connectivity index (χ2v) is 8.27. The lowest BCUT2D eigenvalue weighted by atomic mass is 10.0. The summed E-state index contributed by atoms with van der Waals surface area (Å²) in [6.07, 6.45) is 2.31. The number of likely N-dealkylation sites (tertiary alicyclic amines) is 1. The van der Waals surface area contributed by atoms with E-state index in [0.29, 0.717) is 17.3 Å². The van der Waals surface area contributed by atoms with E-state index < -0.39 is 0 Å². The number of phenolic OH excluding ortho intramolecular Hbond substituents is 1. The molecule has 1 saturated heterocycles. The summed E-state index contributed by atoms with van der Waals surface area (Å²) in [6, 6.07) is 12.1. The Kier molecular flexibility index (Phi) is 5.02. The van der Waals surface area contributed by atoms with Crippen molar-refractivity contribution >= 4 is 32.5 Å². The largest absolute Gasteiger partial charge is 0.507 e. The van der Waals surface area contributed by atoms with Crippen LogP contribution in [0.5, 0.6) is 5.75 Å². The quantitative estimate of drug-likeness (QED) is 0.641. The maximum atomic E-state index is 10.4. The Balaban J connectivity index is 1.79. The minimum atomic E-state index is 0.225. The van der Waals surface area contributed by atoms with Gasteiger partial charge in [-0.1, -0.05) is 28.1 Å². The normalized spacial score (nSPS) is 18.0. The van der Waals surface area contributed by atoms with Gasteiger partial charge in [0.25, 0.3) is 0 Å². The SMILES string of the molecule is Cc1ccc(-c2nnc(N[C@@H]3CCCN(C)C3)c3cc(Br)ccc23)c(O)c1. The van der Waals surface area contributed by atoms with Crippen LogP contribution in [0.25, 0.3) is 22.0 Å². The van der Waals surface area contributed by atoms with Gasteiger partial charge in [-0.05, 0) is 63.2 Å². The van der Waals surface area contributed by atoms with Crippen LogP contribution in [0.4, 0.5) is 5.82 Å². The van der Waals surface area contributed by atoms with Crippen molar-refractivity contribution in [3.63, 3.8) is 0 Å². The van der Waals surface area contributed by atoms with E-state index in [1.54, 1.807) is 6.07 Å². The molecule has 1 aliphatic heterocycles. The average Bonchev–Trinajstić information content (AvgIpc) is 2.63. The molecule has 6 heteroatoms. The molecule has 4 rings (SSSR count). The highest BCUT2D eigenvalue weighted by molar-refractivity contribution is 9.10. The summed E-state index contributed by atoms with van der Waals surface area (Å²) in [5.41, 5.74) is 2.40. The predicted octanol–water partition coefficient (Wildman–Crippen LogP) is 4.58. The maximum Gasteiger partial charge on any atom is 0.156 e. The van der Waals surface area contributed by atoms with E-state index in [9.17, 15) is 5.11 Å². The van der Waals surface area contributed by atoms with Crippen LogP contribution < -0.4 is 5.32 Å². The molecule has 0 bridgehead atoms. The number of nitrogens with zero attached hydrogens (tertiary/aromatic N) is 3. The van der Waals surface area contributed by atoms with E-state index in [2.05, 4.69) is 49.5 Å². The van der Waals surface area contributed by atoms with Crippen LogP contribution in [0, 0.1) is 6.92 Å². The Bertz CT molecular complexity index is 991. The zero-order valence-electron chi connectivity index (χ0n) is 15.5. The topological polar surface area (TPSA) is 61.3 Å². The van der Waals surface area contributed by atoms with Crippen molar-refractivity contribution in [3.05, 3.63) is 46.4 Å². The summed E-state index contributed by atoms with van der Waals surface area (Å²) in [5, 5.41) is 25.0. The van der Waals surface area contributed by atoms with Crippen LogP contribution in [-0.2, 0) is 0 Å². The fraction of sp³-hybridized carbons (Fsp3) is 0.333. The molecule has 1 fully saturated rings. The zero-order valence-corrected chi connectivity index (χ0v) is 17.1. The van der Waals surface area contributed by atoms with E-state index in [1.165, 1.54) is 6.42 Å². The molecule has 0 spiro atoms. The van der Waals surface area contributed by atoms with E-state index in [4.69, 9.17) is 0 Å². The average molecular weight is 427 g/mol. The van der Waals surface area contributed by atoms with E-state index in [-0.39, 0.29) is 5.75 Å². The van der Waals surface area contributed by atoms with Crippen molar-refractivity contribution in [2.45, 2.75) is 25.8 Å². The number of anilines is 1. The number of nitrogens with one attached hydrogen (secondary N) is 1. The standard InChI is InChI=1S/C21H23BrN4O/c1-13-5-7-17(19(27)10-13)20-16-8-6-14(22)11-18(16)21(25-24-20)23-15-4-3-9-26(2)12-15/h5-8,10-11,15,27H,3-4,9,12H2,1-2H3,(H,23,25)/t15-/m1/s1. The smallest absolute Gasteiger partial charge is 0.156 e. The third-order valence-electron chi connectivity index (χ3n) is 5.12. The molecular weight excluding hydrogens is 404 g/mol. The minimum absolute atomic E-state index is 0.225. The lowest BCUT2D eigenvalue weighted by molar-refractivity contribution is 0.261. The number of halogens is 1. The van der Waals surface area contributed by atoms with Gasteiger partial charge in [0, 0.05) is 33.4 Å². The molecular formula is C21H23BrN4O. The number of aromatic nitrogens is 2. The number of hydrogen-bond donors (Lipinski definition) is 2. The van der Waals surface area contributed by atoms with Crippen LogP contribution >= 0.6 is 15.9 Å². The Morgan fingerprint density at radius 3 is 2.78 bits per heavy atom. The van der Waals surface area contributed by atoms with Gasteiger partial charge in [-0.3, -0.25) is 0 Å². The molecule has 1 aromatic heterocycles. The van der Waals surface area contributed by atoms with Gasteiger partial charge in [-0.25, -0.2) is 0 Å². The van der Waals surface area contributed by atoms with Gasteiger partial charge in [-0.2, -0.15) is 0 Å². The molecule has 0 amide bonds. The van der Waals surface area contributed by atoms with Crippen LogP contribution in [0.3, 0.4) is 0 Å². The first-order valence-corrected chi connectivity index (χ1v) is 10.0. The molecule has 0 aliphatic carbocycles. The number of aryl methyl sites for hydroxylation is 1. The maximum absolute atomic E-state index is 10.4. The van der Waals surface area contributed by atoms with Crippen LogP contribution in [0.15, 0.2) is 40.9 Å². The molecule has 3 aromatic rings. The third-order valence-corrected chi connectivity index (χ3v) is 5.61. The van der Waals surface area contributed by atoms with Gasteiger partial charge >= 0.3 is 0 Å². The lowest BCUT2D eigenvalue weighted by Crippen LogP contribution is -2.40. The number of rotatable bonds is 3. The van der Waals surface area contributed by atoms with Crippen molar-refractivity contribution in [1.82, 2.24) is 15.1 Å². The van der Waals surface area contributed by atoms with Crippen molar-refractivity contribution in [3.8, 4) is 17.0 Å². The molecule has 2 aromatic carbocycles. The Morgan fingerprint density at radius 2 is 2.00 bits per heavy atom. The summed E-state index contributed by atoms with van der Waals surface area (Å²) in [5.74, 6) is 1.02. The summed E-state index contributed by atoms with van der Waals surface area (Å²) >= 11 is 3.57. The first-order valence-electron chi connectivity index (χ1n) is 9.22. The summed E-state index contributed by atoms with van der Waals surface area (Å²) in [6.45, 7) is 4.10. The van der Waals surface area contributed by atoms with Gasteiger partial charge in [0.15, 0.2) is 5.82 Å². The van der Waals surface area contributed by atoms with Crippen LogP contribution in [0.1, 0.15) is 18.4 Å². The summed E-state index contributed by atoms with van der Waals surface area (Å²) in [7, 11) is 2.15. The van der Waals surface area contributed by atoms with Gasteiger partial charge < -0.3 is 15.3 Å². The number of likely N-dealkylation sites (N-methyl/N-ethyl adjacent to an activating group) is 1.